The summed E-state index contributed by atoms with van der Waals surface area (Å²) in [6.07, 6.45) is 3.77. The molecule has 1 saturated carbocycles. The summed E-state index contributed by atoms with van der Waals surface area (Å²) in [6.45, 7) is 3.75. The van der Waals surface area contributed by atoms with Crippen molar-refractivity contribution >= 4 is 5.69 Å². The largest absolute Gasteiger partial charge is 0.494 e. The summed E-state index contributed by atoms with van der Waals surface area (Å²) in [4.78, 5) is 0. The molecule has 2 heteroatoms. The molecular formula is C19H23NO. The van der Waals surface area contributed by atoms with Gasteiger partial charge in [-0.05, 0) is 60.6 Å². The van der Waals surface area contributed by atoms with Crippen LogP contribution in [-0.2, 0) is 6.54 Å². The molecule has 0 heterocycles. The van der Waals surface area contributed by atoms with Crippen molar-refractivity contribution in [3.8, 4) is 5.75 Å². The first-order valence-corrected chi connectivity index (χ1v) is 7.90. The molecule has 1 aliphatic rings. The van der Waals surface area contributed by atoms with Gasteiger partial charge in [0.1, 0.15) is 5.75 Å². The van der Waals surface area contributed by atoms with Crippen LogP contribution in [0.5, 0.6) is 5.75 Å². The van der Waals surface area contributed by atoms with Crippen LogP contribution in [0.15, 0.2) is 48.5 Å². The van der Waals surface area contributed by atoms with Gasteiger partial charge in [0, 0.05) is 12.2 Å². The third-order valence-corrected chi connectivity index (χ3v) is 3.85. The second-order valence-corrected chi connectivity index (χ2v) is 5.74. The Morgan fingerprint density at radius 2 is 1.71 bits per heavy atom. The van der Waals surface area contributed by atoms with Gasteiger partial charge in [0.2, 0.25) is 0 Å². The minimum absolute atomic E-state index is 0.778. The van der Waals surface area contributed by atoms with Gasteiger partial charge < -0.3 is 10.1 Å². The van der Waals surface area contributed by atoms with Gasteiger partial charge in [0.05, 0.1) is 6.61 Å². The fourth-order valence-electron chi connectivity index (χ4n) is 2.42. The van der Waals surface area contributed by atoms with E-state index in [2.05, 4.69) is 48.6 Å². The number of anilines is 1. The molecule has 0 saturated heterocycles. The zero-order valence-electron chi connectivity index (χ0n) is 12.6. The first-order valence-electron chi connectivity index (χ1n) is 7.90. The van der Waals surface area contributed by atoms with E-state index in [-0.39, 0.29) is 0 Å². The van der Waals surface area contributed by atoms with Crippen molar-refractivity contribution in [2.24, 2.45) is 0 Å². The summed E-state index contributed by atoms with van der Waals surface area (Å²) >= 11 is 0. The summed E-state index contributed by atoms with van der Waals surface area (Å²) in [5.74, 6) is 1.78. The minimum atomic E-state index is 0.778. The lowest BCUT2D eigenvalue weighted by molar-refractivity contribution is 0.317. The zero-order valence-corrected chi connectivity index (χ0v) is 12.6. The topological polar surface area (TPSA) is 21.3 Å². The van der Waals surface area contributed by atoms with Gasteiger partial charge in [-0.1, -0.05) is 31.2 Å². The maximum absolute atomic E-state index is 5.59. The number of nitrogens with one attached hydrogen (secondary N) is 1. The second-order valence-electron chi connectivity index (χ2n) is 5.74. The van der Waals surface area contributed by atoms with Crippen LogP contribution in [0.3, 0.4) is 0 Å². The molecule has 0 aromatic heterocycles. The first-order chi connectivity index (χ1) is 10.3. The Morgan fingerprint density at radius 1 is 1.00 bits per heavy atom. The normalized spacial score (nSPS) is 14.0. The van der Waals surface area contributed by atoms with Crippen LogP contribution < -0.4 is 10.1 Å². The number of rotatable bonds is 7. The fraction of sp³-hybridized carbons (Fsp3) is 0.368. The Morgan fingerprint density at radius 3 is 2.33 bits per heavy atom. The Labute approximate surface area is 127 Å². The SMILES string of the molecule is CCCOc1ccc(NCc2ccc(C3CC3)cc2)cc1. The van der Waals surface area contributed by atoms with Gasteiger partial charge in [0.15, 0.2) is 0 Å². The summed E-state index contributed by atoms with van der Waals surface area (Å²) < 4.78 is 5.59. The molecule has 0 bridgehead atoms. The second kappa shape index (κ2) is 6.66. The van der Waals surface area contributed by atoms with Crippen molar-refractivity contribution in [1.29, 1.82) is 0 Å². The molecule has 0 amide bonds. The quantitative estimate of drug-likeness (QED) is 0.774. The van der Waals surface area contributed by atoms with Crippen molar-refractivity contribution in [3.05, 3.63) is 59.7 Å². The van der Waals surface area contributed by atoms with E-state index in [0.29, 0.717) is 0 Å². The molecule has 1 aliphatic carbocycles. The highest BCUT2D eigenvalue weighted by Crippen LogP contribution is 2.39. The van der Waals surface area contributed by atoms with Crippen LogP contribution >= 0.6 is 0 Å². The van der Waals surface area contributed by atoms with Crippen LogP contribution in [0.2, 0.25) is 0 Å². The van der Waals surface area contributed by atoms with Crippen molar-refractivity contribution < 1.29 is 4.74 Å². The van der Waals surface area contributed by atoms with Gasteiger partial charge >= 0.3 is 0 Å². The third-order valence-electron chi connectivity index (χ3n) is 3.85. The predicted molar refractivity (Wildman–Crippen MR) is 88.0 cm³/mol. The maximum Gasteiger partial charge on any atom is 0.119 e. The Balaban J connectivity index is 1.51. The van der Waals surface area contributed by atoms with E-state index in [0.717, 1.165) is 36.9 Å². The van der Waals surface area contributed by atoms with Crippen LogP contribution in [0.1, 0.15) is 43.2 Å². The van der Waals surface area contributed by atoms with E-state index in [4.69, 9.17) is 4.74 Å². The lowest BCUT2D eigenvalue weighted by atomic mass is 10.1. The van der Waals surface area contributed by atoms with Crippen molar-refractivity contribution in [2.75, 3.05) is 11.9 Å². The van der Waals surface area contributed by atoms with Crippen molar-refractivity contribution in [1.82, 2.24) is 0 Å². The van der Waals surface area contributed by atoms with E-state index >= 15 is 0 Å². The highest BCUT2D eigenvalue weighted by molar-refractivity contribution is 5.47. The lowest BCUT2D eigenvalue weighted by Crippen LogP contribution is -2.00. The van der Waals surface area contributed by atoms with Gasteiger partial charge in [-0.15, -0.1) is 0 Å². The molecule has 2 aromatic carbocycles. The molecule has 0 aliphatic heterocycles. The standard InChI is InChI=1S/C19H23NO/c1-2-13-21-19-11-9-18(10-12-19)20-14-15-3-5-16(6-4-15)17-7-8-17/h3-6,9-12,17,20H,2,7-8,13-14H2,1H3. The molecule has 2 aromatic rings. The van der Waals surface area contributed by atoms with E-state index in [1.807, 2.05) is 12.1 Å². The minimum Gasteiger partial charge on any atom is -0.494 e. The van der Waals surface area contributed by atoms with E-state index in [9.17, 15) is 0 Å². The lowest BCUT2D eigenvalue weighted by Gasteiger charge is -2.09. The molecule has 21 heavy (non-hydrogen) atoms. The smallest absolute Gasteiger partial charge is 0.119 e. The number of ether oxygens (including phenoxy) is 1. The highest BCUT2D eigenvalue weighted by Gasteiger charge is 2.22. The van der Waals surface area contributed by atoms with E-state index < -0.39 is 0 Å². The summed E-state index contributed by atoms with van der Waals surface area (Å²) in [6, 6.07) is 17.2. The summed E-state index contributed by atoms with van der Waals surface area (Å²) in [5.41, 5.74) is 3.95. The van der Waals surface area contributed by atoms with Crippen LogP contribution in [-0.4, -0.2) is 6.61 Å². The fourth-order valence-corrected chi connectivity index (χ4v) is 2.42. The van der Waals surface area contributed by atoms with Crippen LogP contribution in [0.25, 0.3) is 0 Å². The molecule has 0 spiro atoms. The average molecular weight is 281 g/mol. The van der Waals surface area contributed by atoms with E-state index in [1.165, 1.54) is 24.0 Å². The Hall–Kier alpha value is -1.96. The van der Waals surface area contributed by atoms with Gasteiger partial charge in [-0.2, -0.15) is 0 Å². The van der Waals surface area contributed by atoms with Gasteiger partial charge in [-0.25, -0.2) is 0 Å². The van der Waals surface area contributed by atoms with Crippen molar-refractivity contribution in [2.45, 2.75) is 38.6 Å². The van der Waals surface area contributed by atoms with Gasteiger partial charge in [0.25, 0.3) is 0 Å². The van der Waals surface area contributed by atoms with Crippen LogP contribution in [0.4, 0.5) is 5.69 Å². The molecule has 1 N–H and O–H groups in total. The molecule has 2 nitrogen and oxygen atoms in total. The molecule has 0 radical (unpaired) electrons. The highest BCUT2D eigenvalue weighted by atomic mass is 16.5. The first kappa shape index (κ1) is 14.0. The summed E-state index contributed by atoms with van der Waals surface area (Å²) in [5, 5.41) is 3.45. The van der Waals surface area contributed by atoms with Crippen LogP contribution in [0, 0.1) is 0 Å². The molecule has 3 rings (SSSR count). The van der Waals surface area contributed by atoms with Crippen molar-refractivity contribution in [3.63, 3.8) is 0 Å². The van der Waals surface area contributed by atoms with Gasteiger partial charge in [-0.3, -0.25) is 0 Å². The molecule has 0 unspecified atom stereocenters. The number of hydrogen-bond acceptors (Lipinski definition) is 2. The molecule has 0 atom stereocenters. The molecular weight excluding hydrogens is 258 g/mol. The monoisotopic (exact) mass is 281 g/mol. The molecule has 1 fully saturated rings. The van der Waals surface area contributed by atoms with E-state index in [1.54, 1.807) is 0 Å². The maximum atomic E-state index is 5.59. The Kier molecular flexibility index (Phi) is 4.44. The number of hydrogen-bond donors (Lipinski definition) is 1. The zero-order chi connectivity index (χ0) is 14.5. The number of benzene rings is 2. The predicted octanol–water partition coefficient (Wildman–Crippen LogP) is 4.96. The molecule has 110 valence electrons. The average Bonchev–Trinajstić information content (AvgIpc) is 3.37. The third kappa shape index (κ3) is 4.01. The Bertz CT molecular complexity index is 555. The summed E-state index contributed by atoms with van der Waals surface area (Å²) in [7, 11) is 0.